The Balaban J connectivity index is 1.29. The molecule has 1 aromatic carbocycles. The van der Waals surface area contributed by atoms with Gasteiger partial charge in [-0.2, -0.15) is 0 Å². The first-order valence-corrected chi connectivity index (χ1v) is 9.60. The number of hydrazine groups is 1. The van der Waals surface area contributed by atoms with E-state index in [-0.39, 0.29) is 0 Å². The van der Waals surface area contributed by atoms with Crippen LogP contribution in [0.3, 0.4) is 0 Å². The molecule has 7 heteroatoms. The monoisotopic (exact) mass is 373 g/mol. The molecule has 1 aromatic heterocycles. The van der Waals surface area contributed by atoms with Gasteiger partial charge >= 0.3 is 0 Å². The van der Waals surface area contributed by atoms with E-state index in [9.17, 15) is 0 Å². The van der Waals surface area contributed by atoms with Crippen molar-refractivity contribution < 1.29 is 4.74 Å². The molecule has 2 N–H and O–H groups in total. The van der Waals surface area contributed by atoms with Gasteiger partial charge in [-0.15, -0.1) is 0 Å². The molecule has 4 rings (SSSR count). The van der Waals surface area contributed by atoms with E-state index >= 15 is 0 Å². The fourth-order valence-electron chi connectivity index (χ4n) is 3.90. The smallest absolute Gasteiger partial charge is 0.147 e. The van der Waals surface area contributed by atoms with Gasteiger partial charge in [0.15, 0.2) is 0 Å². The van der Waals surface area contributed by atoms with Crippen LogP contribution in [0.1, 0.15) is 25.7 Å². The molecular formula is C19H24ClN5O. The normalized spacial score (nSPS) is 25.6. The van der Waals surface area contributed by atoms with Gasteiger partial charge in [-0.1, -0.05) is 23.7 Å². The molecule has 6 nitrogen and oxygen atoms in total. The maximum Gasteiger partial charge on any atom is 0.147 e. The number of hydrogen-bond donors (Lipinski definition) is 2. The molecule has 3 unspecified atom stereocenters. The van der Waals surface area contributed by atoms with Crippen molar-refractivity contribution in [3.8, 4) is 5.75 Å². The Morgan fingerprint density at radius 1 is 1.23 bits per heavy atom. The minimum atomic E-state index is 0.395. The highest BCUT2D eigenvalue weighted by Gasteiger charge is 2.37. The third kappa shape index (κ3) is 3.92. The van der Waals surface area contributed by atoms with E-state index in [1.165, 1.54) is 12.8 Å². The van der Waals surface area contributed by atoms with E-state index in [1.54, 1.807) is 12.4 Å². The lowest BCUT2D eigenvalue weighted by molar-refractivity contribution is 0.290. The molecule has 3 heterocycles. The molecule has 0 aliphatic carbocycles. The highest BCUT2D eigenvalue weighted by molar-refractivity contribution is 6.32. The van der Waals surface area contributed by atoms with Crippen LogP contribution in [0.25, 0.3) is 0 Å². The number of benzene rings is 1. The molecule has 26 heavy (non-hydrogen) atoms. The summed E-state index contributed by atoms with van der Waals surface area (Å²) in [5, 5.41) is 0.661. The van der Waals surface area contributed by atoms with Crippen LogP contribution in [-0.4, -0.2) is 41.2 Å². The lowest BCUT2D eigenvalue weighted by atomic mass is 9.99. The summed E-state index contributed by atoms with van der Waals surface area (Å²) in [4.78, 5) is 11.1. The van der Waals surface area contributed by atoms with Crippen LogP contribution < -0.4 is 20.5 Å². The Bertz CT molecular complexity index is 716. The Morgan fingerprint density at radius 2 is 2.15 bits per heavy atom. The molecule has 0 spiro atoms. The van der Waals surface area contributed by atoms with E-state index in [2.05, 4.69) is 25.7 Å². The van der Waals surface area contributed by atoms with Gasteiger partial charge in [0.05, 0.1) is 17.8 Å². The minimum absolute atomic E-state index is 0.395. The van der Waals surface area contributed by atoms with E-state index in [0.29, 0.717) is 29.8 Å². The van der Waals surface area contributed by atoms with Gasteiger partial charge in [0, 0.05) is 37.1 Å². The third-order valence-electron chi connectivity index (χ3n) is 5.18. The lowest BCUT2D eigenvalue weighted by Gasteiger charge is -2.29. The highest BCUT2D eigenvalue weighted by atomic mass is 35.5. The van der Waals surface area contributed by atoms with Crippen LogP contribution in [0.15, 0.2) is 42.9 Å². The van der Waals surface area contributed by atoms with Crippen molar-refractivity contribution >= 4 is 17.4 Å². The van der Waals surface area contributed by atoms with Crippen molar-refractivity contribution in [3.05, 3.63) is 47.9 Å². The van der Waals surface area contributed by atoms with Crippen LogP contribution in [0.5, 0.6) is 5.75 Å². The number of para-hydroxylation sites is 1. The molecule has 0 radical (unpaired) electrons. The summed E-state index contributed by atoms with van der Waals surface area (Å²) in [5.41, 5.74) is 6.92. The molecule has 2 aliphatic rings. The maximum atomic E-state index is 6.13. The Morgan fingerprint density at radius 3 is 3.00 bits per heavy atom. The number of nitrogens with zero attached hydrogens (tertiary/aromatic N) is 3. The number of aromatic nitrogens is 2. The summed E-state index contributed by atoms with van der Waals surface area (Å²) >= 11 is 6.13. The first-order chi connectivity index (χ1) is 12.8. The number of rotatable bonds is 6. The molecule has 2 fully saturated rings. The third-order valence-corrected chi connectivity index (χ3v) is 5.49. The largest absolute Gasteiger partial charge is 0.492 e. The Kier molecular flexibility index (Phi) is 5.53. The van der Waals surface area contributed by atoms with Gasteiger partial charge in [-0.3, -0.25) is 15.8 Å². The summed E-state index contributed by atoms with van der Waals surface area (Å²) in [6.07, 6.45) is 9.73. The molecule has 2 aliphatic heterocycles. The van der Waals surface area contributed by atoms with Gasteiger partial charge in [-0.05, 0) is 37.8 Å². The van der Waals surface area contributed by atoms with Crippen LogP contribution in [0.4, 0.5) is 5.82 Å². The quantitative estimate of drug-likeness (QED) is 0.811. The second-order valence-electron chi connectivity index (χ2n) is 6.86. The molecule has 0 bridgehead atoms. The molecule has 0 amide bonds. The van der Waals surface area contributed by atoms with Gasteiger partial charge in [0.2, 0.25) is 0 Å². The van der Waals surface area contributed by atoms with E-state index in [0.717, 1.165) is 31.0 Å². The van der Waals surface area contributed by atoms with Crippen LogP contribution >= 0.6 is 11.6 Å². The van der Waals surface area contributed by atoms with Crippen molar-refractivity contribution in [3.63, 3.8) is 0 Å². The SMILES string of the molecule is Clc1ccccc1OCCC1CC(C2CCCN2c2cnccn2)NN1. The van der Waals surface area contributed by atoms with Crippen molar-refractivity contribution in [1.82, 2.24) is 20.8 Å². The molecule has 2 saturated heterocycles. The fourth-order valence-corrected chi connectivity index (χ4v) is 4.09. The van der Waals surface area contributed by atoms with Crippen molar-refractivity contribution in [2.75, 3.05) is 18.1 Å². The Labute approximate surface area is 158 Å². The van der Waals surface area contributed by atoms with E-state index < -0.39 is 0 Å². The summed E-state index contributed by atoms with van der Waals surface area (Å²) < 4.78 is 5.82. The standard InChI is InChI=1S/C19H24ClN5O/c20-15-4-1-2-6-18(15)26-11-7-14-12-16(24-23-14)17-5-3-10-25(17)19-13-21-8-9-22-19/h1-2,4,6,8-9,13-14,16-17,23-24H,3,5,7,10-12H2. The zero-order chi connectivity index (χ0) is 17.8. The maximum absolute atomic E-state index is 6.13. The molecule has 3 atom stereocenters. The van der Waals surface area contributed by atoms with Gasteiger partial charge in [0.1, 0.15) is 11.6 Å². The number of anilines is 1. The first kappa shape index (κ1) is 17.5. The number of hydrogen-bond acceptors (Lipinski definition) is 6. The van der Waals surface area contributed by atoms with Crippen LogP contribution in [0, 0.1) is 0 Å². The average Bonchev–Trinajstić information content (AvgIpc) is 3.33. The number of halogens is 1. The topological polar surface area (TPSA) is 62.3 Å². The predicted octanol–water partition coefficient (Wildman–Crippen LogP) is 2.80. The Hall–Kier alpha value is -1.89. The van der Waals surface area contributed by atoms with Crippen molar-refractivity contribution in [2.24, 2.45) is 0 Å². The van der Waals surface area contributed by atoms with Gasteiger partial charge in [0.25, 0.3) is 0 Å². The zero-order valence-electron chi connectivity index (χ0n) is 14.6. The molecular weight excluding hydrogens is 350 g/mol. The van der Waals surface area contributed by atoms with Crippen LogP contribution in [-0.2, 0) is 0 Å². The number of nitrogens with one attached hydrogen (secondary N) is 2. The van der Waals surface area contributed by atoms with E-state index in [1.807, 2.05) is 30.5 Å². The fraction of sp³-hybridized carbons (Fsp3) is 0.474. The van der Waals surface area contributed by atoms with Crippen molar-refractivity contribution in [1.29, 1.82) is 0 Å². The predicted molar refractivity (Wildman–Crippen MR) is 102 cm³/mol. The lowest BCUT2D eigenvalue weighted by Crippen LogP contribution is -2.46. The van der Waals surface area contributed by atoms with Crippen molar-refractivity contribution in [2.45, 2.75) is 43.8 Å². The number of ether oxygens (including phenoxy) is 1. The first-order valence-electron chi connectivity index (χ1n) is 9.22. The minimum Gasteiger partial charge on any atom is -0.492 e. The zero-order valence-corrected chi connectivity index (χ0v) is 15.4. The van der Waals surface area contributed by atoms with Gasteiger partial charge in [-0.25, -0.2) is 4.98 Å². The second-order valence-corrected chi connectivity index (χ2v) is 7.27. The molecule has 138 valence electrons. The van der Waals surface area contributed by atoms with Gasteiger partial charge < -0.3 is 9.64 Å². The molecule has 2 aromatic rings. The molecule has 0 saturated carbocycles. The summed E-state index contributed by atoms with van der Waals surface area (Å²) in [6.45, 7) is 1.69. The van der Waals surface area contributed by atoms with Crippen LogP contribution in [0.2, 0.25) is 5.02 Å². The highest BCUT2D eigenvalue weighted by Crippen LogP contribution is 2.29. The average molecular weight is 374 g/mol. The summed E-state index contributed by atoms with van der Waals surface area (Å²) in [7, 11) is 0. The van der Waals surface area contributed by atoms with E-state index in [4.69, 9.17) is 16.3 Å². The summed E-state index contributed by atoms with van der Waals surface area (Å²) in [6, 6.07) is 8.86. The summed E-state index contributed by atoms with van der Waals surface area (Å²) in [5.74, 6) is 1.73. The second kappa shape index (κ2) is 8.20.